The van der Waals surface area contributed by atoms with Crippen molar-refractivity contribution in [2.45, 2.75) is 69.6 Å². The minimum absolute atomic E-state index is 0.0191. The molecule has 1 aliphatic heterocycles. The van der Waals surface area contributed by atoms with E-state index in [2.05, 4.69) is 120 Å². The van der Waals surface area contributed by atoms with Crippen molar-refractivity contribution in [1.29, 1.82) is 0 Å². The van der Waals surface area contributed by atoms with Crippen molar-refractivity contribution >= 4 is 44.6 Å². The fraction of sp³-hybridized carbons (Fsp3) is 0.281. The molecule has 0 unspecified atom stereocenters. The van der Waals surface area contributed by atoms with Crippen molar-refractivity contribution < 1.29 is 8.78 Å². The summed E-state index contributed by atoms with van der Waals surface area (Å²) >= 11 is 0. The molecule has 0 saturated heterocycles. The van der Waals surface area contributed by atoms with Gasteiger partial charge in [-0.1, -0.05) is 112 Å². The van der Waals surface area contributed by atoms with Crippen molar-refractivity contribution in [1.82, 2.24) is 9.55 Å². The number of hydrogen-bond acceptors (Lipinski definition) is 3. The van der Waals surface area contributed by atoms with Crippen LogP contribution in [0, 0.1) is 23.7 Å². The van der Waals surface area contributed by atoms with E-state index in [1.54, 1.807) is 24.3 Å². The van der Waals surface area contributed by atoms with Gasteiger partial charge in [0.1, 0.15) is 12.5 Å². The van der Waals surface area contributed by atoms with Gasteiger partial charge >= 0.3 is 0 Å². The molecule has 4 bridgehead atoms. The maximum absolute atomic E-state index is 17.7. The summed E-state index contributed by atoms with van der Waals surface area (Å²) < 4.78 is 37.6. The zero-order valence-electron chi connectivity index (χ0n) is 36.2. The molecule has 6 heteroatoms. The first-order valence-electron chi connectivity index (χ1n) is 22.9. The number of pyridine rings is 1. The molecule has 4 nitrogen and oxygen atoms in total. The summed E-state index contributed by atoms with van der Waals surface area (Å²) in [4.78, 5) is 9.49. The van der Waals surface area contributed by atoms with E-state index in [-0.39, 0.29) is 22.0 Å². The van der Waals surface area contributed by atoms with Gasteiger partial charge < -0.3 is 9.80 Å². The summed E-state index contributed by atoms with van der Waals surface area (Å²) in [5, 5.41) is 1.96. The lowest BCUT2D eigenvalue weighted by Crippen LogP contribution is -2.56. The van der Waals surface area contributed by atoms with Crippen LogP contribution in [0.5, 0.6) is 0 Å². The highest BCUT2D eigenvalue weighted by atomic mass is 19.3. The molecule has 0 atom stereocenters. The van der Waals surface area contributed by atoms with Gasteiger partial charge in [-0.05, 0) is 145 Å². The van der Waals surface area contributed by atoms with Gasteiger partial charge in [0.25, 0.3) is 5.92 Å². The monoisotopic (exact) mass is 830 g/mol. The maximum atomic E-state index is 17.7. The van der Waals surface area contributed by atoms with E-state index < -0.39 is 5.92 Å². The Balaban J connectivity index is 0.995. The molecule has 314 valence electrons. The number of fused-ring (bicyclic) bond motifs is 4. The molecule has 0 spiro atoms. The van der Waals surface area contributed by atoms with Crippen LogP contribution in [-0.2, 0) is 16.8 Å². The van der Waals surface area contributed by atoms with Crippen LogP contribution < -0.4 is 9.80 Å². The molecular formula is C57H52F2N4. The van der Waals surface area contributed by atoms with Crippen molar-refractivity contribution in [3.63, 3.8) is 0 Å². The van der Waals surface area contributed by atoms with E-state index in [1.807, 2.05) is 54.7 Å². The van der Waals surface area contributed by atoms with E-state index in [4.69, 9.17) is 4.98 Å². The first-order valence-corrected chi connectivity index (χ1v) is 22.9. The SMILES string of the molecule is CC(C)(C)c1cc(N2CN(c3ccccc3)c3ccccc32)cc(C(F)(F)c2ccc3c4ccccc4n(-c4cc(C5(c6ccccc6)C6CC7CC(C6)CC5C7)ccn4)c3c2)c1. The van der Waals surface area contributed by atoms with Gasteiger partial charge in [0.2, 0.25) is 0 Å². The fourth-order valence-corrected chi connectivity index (χ4v) is 12.8. The Morgan fingerprint density at radius 2 is 1.13 bits per heavy atom. The molecular weight excluding hydrogens is 779 g/mol. The molecule has 4 saturated carbocycles. The van der Waals surface area contributed by atoms with Gasteiger partial charge in [0, 0.05) is 44.9 Å². The summed E-state index contributed by atoms with van der Waals surface area (Å²) in [7, 11) is 0. The van der Waals surface area contributed by atoms with Gasteiger partial charge in [-0.15, -0.1) is 0 Å². The van der Waals surface area contributed by atoms with Crippen LogP contribution in [0.4, 0.5) is 31.5 Å². The Labute approximate surface area is 368 Å². The van der Waals surface area contributed by atoms with Gasteiger partial charge in [-0.2, -0.15) is 8.78 Å². The highest BCUT2D eigenvalue weighted by Gasteiger charge is 2.58. The second-order valence-electron chi connectivity index (χ2n) is 19.9. The Morgan fingerprint density at radius 3 is 1.83 bits per heavy atom. The first-order chi connectivity index (χ1) is 30.6. The van der Waals surface area contributed by atoms with Gasteiger partial charge in [-0.25, -0.2) is 4.98 Å². The van der Waals surface area contributed by atoms with Crippen LogP contribution in [0.25, 0.3) is 27.6 Å². The average molecular weight is 831 g/mol. The second kappa shape index (κ2) is 14.1. The van der Waals surface area contributed by atoms with Crippen LogP contribution in [0.2, 0.25) is 0 Å². The molecule has 4 aliphatic carbocycles. The third-order valence-corrected chi connectivity index (χ3v) is 15.4. The lowest BCUT2D eigenvalue weighted by atomic mass is 9.42. The molecule has 63 heavy (non-hydrogen) atoms. The molecule has 5 aliphatic rings. The summed E-state index contributed by atoms with van der Waals surface area (Å²) in [5.74, 6) is 0.238. The van der Waals surface area contributed by atoms with Gasteiger partial charge in [-0.3, -0.25) is 4.57 Å². The maximum Gasteiger partial charge on any atom is 0.298 e. The number of benzene rings is 6. The largest absolute Gasteiger partial charge is 0.321 e. The van der Waals surface area contributed by atoms with Crippen molar-refractivity contribution in [2.24, 2.45) is 23.7 Å². The second-order valence-corrected chi connectivity index (χ2v) is 19.9. The zero-order chi connectivity index (χ0) is 42.7. The standard InChI is InChI=1S/C57H52F2N4/c1-55(2,3)42-31-45(33-47(32-42)62-36-61(46-16-8-5-9-17-46)51-20-12-13-21-52(51)62)57(58,59)41-22-23-49-48-18-10-11-19-50(48)63(53(49)34-41)54-35-40(24-25-60-54)56(39-14-6-4-7-15-39)43-27-37-26-38(29-43)30-44(56)28-37/h4-25,31-35,37-38,43-44H,26-30,36H2,1-3H3. The number of alkyl halides is 2. The normalized spacial score (nSPS) is 22.9. The predicted octanol–water partition coefficient (Wildman–Crippen LogP) is 14.6. The third kappa shape index (κ3) is 5.93. The Hall–Kier alpha value is -6.27. The van der Waals surface area contributed by atoms with Crippen molar-refractivity contribution in [3.8, 4) is 5.82 Å². The van der Waals surface area contributed by atoms with Crippen LogP contribution in [0.3, 0.4) is 0 Å². The Morgan fingerprint density at radius 1 is 0.524 bits per heavy atom. The van der Waals surface area contributed by atoms with Gasteiger partial charge in [0.15, 0.2) is 0 Å². The predicted molar refractivity (Wildman–Crippen MR) is 253 cm³/mol. The summed E-state index contributed by atoms with van der Waals surface area (Å²) in [6, 6.07) is 53.3. The number of rotatable bonds is 7. The molecule has 3 heterocycles. The number of aromatic nitrogens is 2. The highest BCUT2D eigenvalue weighted by Crippen LogP contribution is 2.65. The van der Waals surface area contributed by atoms with Crippen LogP contribution >= 0.6 is 0 Å². The lowest BCUT2D eigenvalue weighted by molar-refractivity contribution is -0.0418. The number of para-hydroxylation sites is 4. The quantitative estimate of drug-likeness (QED) is 0.160. The topological polar surface area (TPSA) is 24.3 Å². The smallest absolute Gasteiger partial charge is 0.298 e. The van der Waals surface area contributed by atoms with Gasteiger partial charge in [0.05, 0.1) is 22.4 Å². The molecule has 8 aromatic rings. The molecule has 13 rings (SSSR count). The summed E-state index contributed by atoms with van der Waals surface area (Å²) in [6.07, 6.45) is 8.41. The van der Waals surface area contributed by atoms with E-state index in [0.29, 0.717) is 18.5 Å². The fourth-order valence-electron chi connectivity index (χ4n) is 12.8. The van der Waals surface area contributed by atoms with E-state index in [9.17, 15) is 0 Å². The molecule has 0 N–H and O–H groups in total. The minimum atomic E-state index is -3.31. The number of hydrogen-bond donors (Lipinski definition) is 0. The molecule has 0 amide bonds. The highest BCUT2D eigenvalue weighted by molar-refractivity contribution is 6.09. The first kappa shape index (κ1) is 38.4. The molecule has 6 aromatic carbocycles. The Kier molecular flexibility index (Phi) is 8.61. The zero-order valence-corrected chi connectivity index (χ0v) is 36.2. The molecule has 4 fully saturated rings. The van der Waals surface area contributed by atoms with Crippen LogP contribution in [-0.4, -0.2) is 16.2 Å². The van der Waals surface area contributed by atoms with Crippen molar-refractivity contribution in [3.05, 3.63) is 192 Å². The van der Waals surface area contributed by atoms with E-state index in [0.717, 1.165) is 67.8 Å². The van der Waals surface area contributed by atoms with Crippen LogP contribution in [0.15, 0.2) is 164 Å². The minimum Gasteiger partial charge on any atom is -0.321 e. The third-order valence-electron chi connectivity index (χ3n) is 15.4. The van der Waals surface area contributed by atoms with Crippen molar-refractivity contribution in [2.75, 3.05) is 16.5 Å². The molecule has 2 aromatic heterocycles. The van der Waals surface area contributed by atoms with E-state index in [1.165, 1.54) is 43.2 Å². The summed E-state index contributed by atoms with van der Waals surface area (Å²) in [5.41, 5.74) is 8.57. The van der Waals surface area contributed by atoms with E-state index >= 15 is 8.78 Å². The summed E-state index contributed by atoms with van der Waals surface area (Å²) in [6.45, 7) is 6.80. The number of halogens is 2. The lowest BCUT2D eigenvalue weighted by Gasteiger charge is -2.62. The number of nitrogens with zero attached hydrogens (tertiary/aromatic N) is 4. The molecule has 0 radical (unpaired) electrons. The average Bonchev–Trinajstić information content (AvgIpc) is 3.85. The number of anilines is 4. The Bertz CT molecular complexity index is 3010. The van der Waals surface area contributed by atoms with Crippen LogP contribution in [0.1, 0.15) is 80.7 Å².